The monoisotopic (exact) mass is 340 g/mol. The summed E-state index contributed by atoms with van der Waals surface area (Å²) in [5.41, 5.74) is 3.02. The second kappa shape index (κ2) is 8.88. The standard InChI is InChI=1S/C19H24N4O2/c1-14-6-3-7-15(2)18(14)22-13-16(12-20)19(25)21-9-5-11-23-10-4-8-17(23)24/h3,6-7,13,22H,4-5,8-11H2,1-2H3,(H,21,25)/b16-13-. The van der Waals surface area contributed by atoms with Crippen LogP contribution in [0.1, 0.15) is 30.4 Å². The molecule has 0 bridgehead atoms. The molecule has 1 aliphatic rings. The summed E-state index contributed by atoms with van der Waals surface area (Å²) in [4.78, 5) is 25.4. The van der Waals surface area contributed by atoms with E-state index in [4.69, 9.17) is 0 Å². The molecule has 6 heteroatoms. The van der Waals surface area contributed by atoms with Crippen molar-refractivity contribution in [1.29, 1.82) is 5.26 Å². The first-order chi connectivity index (χ1) is 12.0. The van der Waals surface area contributed by atoms with E-state index >= 15 is 0 Å². The Bertz CT molecular complexity index is 698. The van der Waals surface area contributed by atoms with Gasteiger partial charge in [0.05, 0.1) is 0 Å². The van der Waals surface area contributed by atoms with E-state index in [9.17, 15) is 14.9 Å². The van der Waals surface area contributed by atoms with Crippen LogP contribution in [0.5, 0.6) is 0 Å². The summed E-state index contributed by atoms with van der Waals surface area (Å²) in [7, 11) is 0. The maximum atomic E-state index is 12.1. The van der Waals surface area contributed by atoms with E-state index in [1.807, 2.05) is 43.0 Å². The Labute approximate surface area is 148 Å². The fourth-order valence-corrected chi connectivity index (χ4v) is 2.84. The van der Waals surface area contributed by atoms with Crippen LogP contribution in [0, 0.1) is 25.2 Å². The lowest BCUT2D eigenvalue weighted by Gasteiger charge is -2.15. The highest BCUT2D eigenvalue weighted by Crippen LogP contribution is 2.19. The van der Waals surface area contributed by atoms with Crippen molar-refractivity contribution in [2.45, 2.75) is 33.1 Å². The summed E-state index contributed by atoms with van der Waals surface area (Å²) in [5, 5.41) is 15.0. The second-order valence-corrected chi connectivity index (χ2v) is 6.17. The first-order valence-corrected chi connectivity index (χ1v) is 8.52. The van der Waals surface area contributed by atoms with Gasteiger partial charge in [-0.2, -0.15) is 5.26 Å². The number of aryl methyl sites for hydroxylation is 2. The van der Waals surface area contributed by atoms with Crippen molar-refractivity contribution in [3.8, 4) is 6.07 Å². The van der Waals surface area contributed by atoms with E-state index in [0.717, 1.165) is 29.8 Å². The molecule has 1 aromatic carbocycles. The average molecular weight is 340 g/mol. The molecule has 0 radical (unpaired) electrons. The number of nitriles is 1. The Kier molecular flexibility index (Phi) is 6.58. The van der Waals surface area contributed by atoms with E-state index in [1.165, 1.54) is 6.20 Å². The lowest BCUT2D eigenvalue weighted by Crippen LogP contribution is -2.31. The Balaban J connectivity index is 1.84. The van der Waals surface area contributed by atoms with Gasteiger partial charge in [0.25, 0.3) is 5.91 Å². The summed E-state index contributed by atoms with van der Waals surface area (Å²) >= 11 is 0. The number of benzene rings is 1. The van der Waals surface area contributed by atoms with Crippen molar-refractivity contribution in [3.63, 3.8) is 0 Å². The molecule has 2 rings (SSSR count). The highest BCUT2D eigenvalue weighted by molar-refractivity contribution is 5.97. The van der Waals surface area contributed by atoms with Crippen molar-refractivity contribution in [1.82, 2.24) is 10.2 Å². The van der Waals surface area contributed by atoms with Crippen LogP contribution in [0.3, 0.4) is 0 Å². The molecule has 0 aromatic heterocycles. The van der Waals surface area contributed by atoms with Gasteiger partial charge in [0, 0.05) is 37.9 Å². The summed E-state index contributed by atoms with van der Waals surface area (Å²) in [6, 6.07) is 7.82. The van der Waals surface area contributed by atoms with Crippen LogP contribution < -0.4 is 10.6 Å². The molecule has 1 aliphatic heterocycles. The van der Waals surface area contributed by atoms with Gasteiger partial charge >= 0.3 is 0 Å². The van der Waals surface area contributed by atoms with Crippen LogP contribution >= 0.6 is 0 Å². The van der Waals surface area contributed by atoms with Crippen molar-refractivity contribution in [2.24, 2.45) is 0 Å². The zero-order chi connectivity index (χ0) is 18.2. The lowest BCUT2D eigenvalue weighted by atomic mass is 10.1. The molecule has 1 fully saturated rings. The molecule has 2 amide bonds. The van der Waals surface area contributed by atoms with Crippen LogP contribution in [0.2, 0.25) is 0 Å². The summed E-state index contributed by atoms with van der Waals surface area (Å²) in [6.45, 7) is 5.82. The van der Waals surface area contributed by atoms with E-state index in [-0.39, 0.29) is 11.5 Å². The SMILES string of the molecule is Cc1cccc(C)c1N/C=C(/C#N)C(=O)NCCCN1CCCC1=O. The molecule has 1 heterocycles. The van der Waals surface area contributed by atoms with Crippen LogP contribution in [0.15, 0.2) is 30.0 Å². The number of nitrogens with one attached hydrogen (secondary N) is 2. The maximum absolute atomic E-state index is 12.1. The van der Waals surface area contributed by atoms with Gasteiger partial charge in [0.15, 0.2) is 0 Å². The molecule has 0 saturated carbocycles. The molecule has 132 valence electrons. The minimum absolute atomic E-state index is 0.0277. The quantitative estimate of drug-likeness (QED) is 0.453. The fraction of sp³-hybridized carbons (Fsp3) is 0.421. The van der Waals surface area contributed by atoms with Crippen LogP contribution in [-0.2, 0) is 9.59 Å². The predicted molar refractivity (Wildman–Crippen MR) is 96.7 cm³/mol. The van der Waals surface area contributed by atoms with E-state index in [0.29, 0.717) is 25.9 Å². The molecule has 0 aliphatic carbocycles. The largest absolute Gasteiger partial charge is 0.360 e. The molecule has 6 nitrogen and oxygen atoms in total. The van der Waals surface area contributed by atoms with Crippen LogP contribution in [0.25, 0.3) is 0 Å². The number of rotatable bonds is 7. The molecular formula is C19H24N4O2. The molecule has 0 atom stereocenters. The number of likely N-dealkylation sites (tertiary alicyclic amines) is 1. The first kappa shape index (κ1) is 18.5. The van der Waals surface area contributed by atoms with Gasteiger partial charge in [-0.3, -0.25) is 9.59 Å². The van der Waals surface area contributed by atoms with E-state index in [1.54, 1.807) is 0 Å². The van der Waals surface area contributed by atoms with Gasteiger partial charge in [-0.05, 0) is 37.8 Å². The van der Waals surface area contributed by atoms with Gasteiger partial charge in [0.1, 0.15) is 11.6 Å². The van der Waals surface area contributed by atoms with Crippen molar-refractivity contribution < 1.29 is 9.59 Å². The topological polar surface area (TPSA) is 85.2 Å². The molecule has 1 aromatic rings. The zero-order valence-corrected chi connectivity index (χ0v) is 14.8. The van der Waals surface area contributed by atoms with E-state index < -0.39 is 5.91 Å². The number of carbonyl (C=O) groups is 2. The molecule has 2 N–H and O–H groups in total. The Hall–Kier alpha value is -2.81. The number of para-hydroxylation sites is 1. The third kappa shape index (κ3) is 5.08. The number of hydrogen-bond donors (Lipinski definition) is 2. The molecule has 25 heavy (non-hydrogen) atoms. The normalized spacial score (nSPS) is 14.4. The summed E-state index contributed by atoms with van der Waals surface area (Å²) in [5.74, 6) is -0.226. The van der Waals surface area contributed by atoms with Gasteiger partial charge < -0.3 is 15.5 Å². The smallest absolute Gasteiger partial charge is 0.263 e. The zero-order valence-electron chi connectivity index (χ0n) is 14.8. The highest BCUT2D eigenvalue weighted by atomic mass is 16.2. The summed E-state index contributed by atoms with van der Waals surface area (Å²) < 4.78 is 0. The Morgan fingerprint density at radius 2 is 2.08 bits per heavy atom. The fourth-order valence-electron chi connectivity index (χ4n) is 2.84. The first-order valence-electron chi connectivity index (χ1n) is 8.52. The molecule has 1 saturated heterocycles. The van der Waals surface area contributed by atoms with Gasteiger partial charge in [0.2, 0.25) is 5.91 Å². The van der Waals surface area contributed by atoms with Crippen molar-refractivity contribution >= 4 is 17.5 Å². The number of nitrogens with zero attached hydrogens (tertiary/aromatic N) is 2. The number of amides is 2. The van der Waals surface area contributed by atoms with Crippen LogP contribution in [0.4, 0.5) is 5.69 Å². The van der Waals surface area contributed by atoms with Crippen molar-refractivity contribution in [2.75, 3.05) is 25.0 Å². The van der Waals surface area contributed by atoms with E-state index in [2.05, 4.69) is 10.6 Å². The highest BCUT2D eigenvalue weighted by Gasteiger charge is 2.19. The predicted octanol–water partition coefficient (Wildman–Crippen LogP) is 2.25. The Morgan fingerprint density at radius 1 is 1.36 bits per heavy atom. The second-order valence-electron chi connectivity index (χ2n) is 6.17. The lowest BCUT2D eigenvalue weighted by molar-refractivity contribution is -0.127. The van der Waals surface area contributed by atoms with Crippen molar-refractivity contribution in [3.05, 3.63) is 41.1 Å². The minimum Gasteiger partial charge on any atom is -0.360 e. The Morgan fingerprint density at radius 3 is 2.68 bits per heavy atom. The average Bonchev–Trinajstić information content (AvgIpc) is 2.99. The van der Waals surface area contributed by atoms with Gasteiger partial charge in [-0.1, -0.05) is 18.2 Å². The summed E-state index contributed by atoms with van der Waals surface area (Å²) in [6.07, 6.45) is 3.66. The number of carbonyl (C=O) groups excluding carboxylic acids is 2. The molecular weight excluding hydrogens is 316 g/mol. The third-order valence-corrected chi connectivity index (χ3v) is 4.27. The van der Waals surface area contributed by atoms with Gasteiger partial charge in [-0.25, -0.2) is 0 Å². The molecule has 0 spiro atoms. The van der Waals surface area contributed by atoms with Crippen LogP contribution in [-0.4, -0.2) is 36.3 Å². The molecule has 0 unspecified atom stereocenters. The third-order valence-electron chi connectivity index (χ3n) is 4.27. The number of hydrogen-bond acceptors (Lipinski definition) is 4. The number of anilines is 1. The minimum atomic E-state index is -0.408. The maximum Gasteiger partial charge on any atom is 0.263 e. The van der Waals surface area contributed by atoms with Gasteiger partial charge in [-0.15, -0.1) is 0 Å².